The lowest BCUT2D eigenvalue weighted by molar-refractivity contribution is -0.123. The molecule has 7 heteroatoms. The van der Waals surface area contributed by atoms with E-state index in [1.54, 1.807) is 24.3 Å². The van der Waals surface area contributed by atoms with Crippen LogP contribution in [0.1, 0.15) is 31.4 Å². The van der Waals surface area contributed by atoms with Crippen LogP contribution in [-0.2, 0) is 21.2 Å². The molecule has 0 aliphatic rings. The van der Waals surface area contributed by atoms with Crippen molar-refractivity contribution in [3.8, 4) is 18.1 Å². The summed E-state index contributed by atoms with van der Waals surface area (Å²) in [6.07, 6.45) is 6.19. The highest BCUT2D eigenvalue weighted by Gasteiger charge is 2.26. The van der Waals surface area contributed by atoms with Crippen LogP contribution < -0.4 is 14.8 Å². The summed E-state index contributed by atoms with van der Waals surface area (Å²) in [7, 11) is -3.80. The van der Waals surface area contributed by atoms with Crippen LogP contribution in [0, 0.1) is 25.2 Å². The van der Waals surface area contributed by atoms with Gasteiger partial charge in [-0.15, -0.1) is 6.42 Å². The molecule has 0 aromatic heterocycles. The summed E-state index contributed by atoms with van der Waals surface area (Å²) in [4.78, 5) is 12.9. The summed E-state index contributed by atoms with van der Waals surface area (Å²) in [6.45, 7) is 6.39. The third-order valence-corrected chi connectivity index (χ3v) is 6.10. The molecule has 0 fully saturated rings. The molecule has 2 N–H and O–H groups in total. The molecular formula is C24H30N2O4S. The summed E-state index contributed by atoms with van der Waals surface area (Å²) in [5, 5.41) is 2.85. The fraction of sp³-hybridized carbons (Fsp3) is 0.375. The molecule has 166 valence electrons. The van der Waals surface area contributed by atoms with Gasteiger partial charge in [0.25, 0.3) is 0 Å². The van der Waals surface area contributed by atoms with Crippen molar-refractivity contribution in [3.05, 3.63) is 59.7 Å². The molecule has 1 amide bonds. The molecule has 0 bridgehead atoms. The molecule has 0 aliphatic heterocycles. The third kappa shape index (κ3) is 8.08. The minimum absolute atomic E-state index is 0.145. The standard InChI is InChI=1S/C24H30N2O4S/c1-5-16-30-21-10-8-20(9-11-21)14-15-25-24(27)23(17-18(2)3)26-31(28,29)22-12-6-19(4)7-13-22/h1,6-13,18,23,26H,14-17H2,2-4H3,(H,25,27). The number of aryl methyl sites for hydroxylation is 1. The normalized spacial score (nSPS) is 12.2. The van der Waals surface area contributed by atoms with Gasteiger partial charge >= 0.3 is 0 Å². The van der Waals surface area contributed by atoms with E-state index in [-0.39, 0.29) is 23.3 Å². The van der Waals surface area contributed by atoms with Crippen LogP contribution in [0.25, 0.3) is 0 Å². The summed E-state index contributed by atoms with van der Waals surface area (Å²) in [5.74, 6) is 2.91. The van der Waals surface area contributed by atoms with E-state index < -0.39 is 16.1 Å². The van der Waals surface area contributed by atoms with Gasteiger partial charge in [-0.05, 0) is 55.5 Å². The van der Waals surface area contributed by atoms with Crippen LogP contribution in [0.5, 0.6) is 5.75 Å². The van der Waals surface area contributed by atoms with E-state index in [1.165, 1.54) is 0 Å². The smallest absolute Gasteiger partial charge is 0.241 e. The fourth-order valence-corrected chi connectivity index (χ4v) is 4.19. The first kappa shape index (κ1) is 24.4. The largest absolute Gasteiger partial charge is 0.481 e. The van der Waals surface area contributed by atoms with E-state index in [9.17, 15) is 13.2 Å². The molecule has 0 radical (unpaired) electrons. The van der Waals surface area contributed by atoms with Crippen LogP contribution in [0.15, 0.2) is 53.4 Å². The van der Waals surface area contributed by atoms with E-state index >= 15 is 0 Å². The summed E-state index contributed by atoms with van der Waals surface area (Å²) < 4.78 is 33.4. The van der Waals surface area contributed by atoms with E-state index in [0.29, 0.717) is 25.1 Å². The molecule has 6 nitrogen and oxygen atoms in total. The average molecular weight is 443 g/mol. The van der Waals surface area contributed by atoms with Crippen molar-refractivity contribution < 1.29 is 17.9 Å². The Morgan fingerprint density at radius 2 is 1.74 bits per heavy atom. The maximum atomic E-state index is 12.7. The first-order valence-corrected chi connectivity index (χ1v) is 11.7. The zero-order chi connectivity index (χ0) is 22.9. The van der Waals surface area contributed by atoms with Crippen molar-refractivity contribution in [1.29, 1.82) is 0 Å². The van der Waals surface area contributed by atoms with E-state index in [2.05, 4.69) is 16.0 Å². The Kier molecular flexibility index (Phi) is 9.10. The second-order valence-electron chi connectivity index (χ2n) is 7.79. The molecule has 2 rings (SSSR count). The Bertz CT molecular complexity index is 991. The van der Waals surface area contributed by atoms with Crippen molar-refractivity contribution >= 4 is 15.9 Å². The highest BCUT2D eigenvalue weighted by Crippen LogP contribution is 2.14. The van der Waals surface area contributed by atoms with Crippen LogP contribution in [-0.4, -0.2) is 33.5 Å². The minimum Gasteiger partial charge on any atom is -0.481 e. The quantitative estimate of drug-likeness (QED) is 0.524. The number of benzene rings is 2. The highest BCUT2D eigenvalue weighted by molar-refractivity contribution is 7.89. The number of sulfonamides is 1. The van der Waals surface area contributed by atoms with Crippen molar-refractivity contribution in [2.45, 2.75) is 44.6 Å². The minimum atomic E-state index is -3.80. The number of hydrogen-bond donors (Lipinski definition) is 2. The molecule has 0 saturated carbocycles. The predicted octanol–water partition coefficient (Wildman–Crippen LogP) is 3.06. The van der Waals surface area contributed by atoms with Gasteiger partial charge in [0.2, 0.25) is 15.9 Å². The molecule has 2 aromatic carbocycles. The first-order valence-electron chi connectivity index (χ1n) is 10.2. The zero-order valence-corrected chi connectivity index (χ0v) is 19.0. The van der Waals surface area contributed by atoms with Crippen LogP contribution in [0.4, 0.5) is 0 Å². The number of terminal acetylenes is 1. The maximum absolute atomic E-state index is 12.7. The predicted molar refractivity (Wildman–Crippen MR) is 122 cm³/mol. The molecular weight excluding hydrogens is 412 g/mol. The molecule has 0 spiro atoms. The van der Waals surface area contributed by atoms with Gasteiger partial charge in [-0.1, -0.05) is 49.6 Å². The number of ether oxygens (including phenoxy) is 1. The number of hydrogen-bond acceptors (Lipinski definition) is 4. The van der Waals surface area contributed by atoms with Crippen LogP contribution >= 0.6 is 0 Å². The molecule has 1 unspecified atom stereocenters. The topological polar surface area (TPSA) is 84.5 Å². The second-order valence-corrected chi connectivity index (χ2v) is 9.51. The Labute approximate surface area is 185 Å². The number of carbonyl (C=O) groups is 1. The van der Waals surface area contributed by atoms with Gasteiger partial charge in [-0.2, -0.15) is 4.72 Å². The van der Waals surface area contributed by atoms with Gasteiger partial charge < -0.3 is 10.1 Å². The van der Waals surface area contributed by atoms with Gasteiger partial charge in [-0.3, -0.25) is 4.79 Å². The number of rotatable bonds is 11. The number of carbonyl (C=O) groups excluding carboxylic acids is 1. The van der Waals surface area contributed by atoms with Crippen LogP contribution in [0.2, 0.25) is 0 Å². The highest BCUT2D eigenvalue weighted by atomic mass is 32.2. The Balaban J connectivity index is 1.96. The van der Waals surface area contributed by atoms with E-state index in [4.69, 9.17) is 11.2 Å². The van der Waals surface area contributed by atoms with Crippen molar-refractivity contribution in [1.82, 2.24) is 10.0 Å². The molecule has 1 atom stereocenters. The number of amides is 1. The molecule has 0 heterocycles. The molecule has 0 saturated heterocycles. The lowest BCUT2D eigenvalue weighted by Gasteiger charge is -2.20. The van der Waals surface area contributed by atoms with Crippen molar-refractivity contribution in [2.24, 2.45) is 5.92 Å². The Morgan fingerprint density at radius 1 is 1.10 bits per heavy atom. The molecule has 31 heavy (non-hydrogen) atoms. The lowest BCUT2D eigenvalue weighted by Crippen LogP contribution is -2.47. The van der Waals surface area contributed by atoms with Crippen molar-refractivity contribution in [2.75, 3.05) is 13.2 Å². The Hall–Kier alpha value is -2.82. The lowest BCUT2D eigenvalue weighted by atomic mass is 10.0. The average Bonchev–Trinajstić information content (AvgIpc) is 2.72. The van der Waals surface area contributed by atoms with Gasteiger partial charge in [-0.25, -0.2) is 8.42 Å². The summed E-state index contributed by atoms with van der Waals surface area (Å²) >= 11 is 0. The molecule has 0 aliphatic carbocycles. The second kappa shape index (κ2) is 11.5. The number of nitrogens with one attached hydrogen (secondary N) is 2. The summed E-state index contributed by atoms with van der Waals surface area (Å²) in [6, 6.07) is 13.2. The van der Waals surface area contributed by atoms with E-state index in [1.807, 2.05) is 45.0 Å². The van der Waals surface area contributed by atoms with Gasteiger partial charge in [0.1, 0.15) is 18.4 Å². The SMILES string of the molecule is C#CCOc1ccc(CCNC(=O)C(CC(C)C)NS(=O)(=O)c2ccc(C)cc2)cc1. The van der Waals surface area contributed by atoms with Gasteiger partial charge in [0, 0.05) is 6.54 Å². The Morgan fingerprint density at radius 3 is 2.32 bits per heavy atom. The van der Waals surface area contributed by atoms with E-state index in [0.717, 1.165) is 11.1 Å². The molecule has 2 aromatic rings. The first-order chi connectivity index (χ1) is 14.7. The van der Waals surface area contributed by atoms with Crippen LogP contribution in [0.3, 0.4) is 0 Å². The monoisotopic (exact) mass is 442 g/mol. The zero-order valence-electron chi connectivity index (χ0n) is 18.2. The third-order valence-electron chi connectivity index (χ3n) is 4.61. The fourth-order valence-electron chi connectivity index (χ4n) is 2.98. The van der Waals surface area contributed by atoms with Crippen molar-refractivity contribution in [3.63, 3.8) is 0 Å². The van der Waals surface area contributed by atoms with Gasteiger partial charge in [0.15, 0.2) is 0 Å². The summed E-state index contributed by atoms with van der Waals surface area (Å²) in [5.41, 5.74) is 1.99. The van der Waals surface area contributed by atoms with Gasteiger partial charge in [0.05, 0.1) is 4.90 Å². The maximum Gasteiger partial charge on any atom is 0.241 e.